The predicted molar refractivity (Wildman–Crippen MR) is 72.5 cm³/mol. The zero-order valence-electron chi connectivity index (χ0n) is 10.2. The normalized spacial score (nSPS) is 21.4. The summed E-state index contributed by atoms with van der Waals surface area (Å²) in [4.78, 5) is 12.3. The number of aryl methyl sites for hydroxylation is 1. The minimum atomic E-state index is -0.258. The van der Waals surface area contributed by atoms with Gasteiger partial charge in [-0.3, -0.25) is 4.79 Å². The number of carbonyl (C=O) groups is 1. The summed E-state index contributed by atoms with van der Waals surface area (Å²) < 4.78 is 0. The average Bonchev–Trinajstić information content (AvgIpc) is 2.63. The van der Waals surface area contributed by atoms with E-state index in [-0.39, 0.29) is 14.2 Å². The summed E-state index contributed by atoms with van der Waals surface area (Å²) in [6.45, 7) is 4.02. The van der Waals surface area contributed by atoms with Gasteiger partial charge in [0.25, 0.3) is 0 Å². The van der Waals surface area contributed by atoms with Crippen LogP contribution in [0.4, 0.5) is 5.69 Å². The van der Waals surface area contributed by atoms with Crippen LogP contribution in [0, 0.1) is 0 Å². The molecule has 0 aromatic heterocycles. The van der Waals surface area contributed by atoms with Crippen LogP contribution in [0.1, 0.15) is 33.7 Å². The highest BCUT2D eigenvalue weighted by Gasteiger charge is 2.47. The van der Waals surface area contributed by atoms with Crippen molar-refractivity contribution < 1.29 is 7.65 Å². The lowest BCUT2D eigenvalue weighted by Gasteiger charge is -2.32. The van der Waals surface area contributed by atoms with Gasteiger partial charge >= 0.3 is 0 Å². The fourth-order valence-electron chi connectivity index (χ4n) is 3.03. The predicted octanol–water partition coefficient (Wildman–Crippen LogP) is 2.31. The number of fused-ring (bicyclic) bond motifs is 2. The van der Waals surface area contributed by atoms with Crippen molar-refractivity contribution in [3.8, 4) is 0 Å². The molecule has 1 fully saturated rings. The van der Waals surface area contributed by atoms with Crippen molar-refractivity contribution in [3.05, 3.63) is 29.3 Å². The molecule has 2 N–H and O–H groups in total. The third-order valence-corrected chi connectivity index (χ3v) is 4.15. The first-order valence-electron chi connectivity index (χ1n) is 6.42. The maximum atomic E-state index is 12.3. The van der Waals surface area contributed by atoms with Crippen LogP contribution in [0.5, 0.6) is 0 Å². The van der Waals surface area contributed by atoms with E-state index in [4.69, 9.17) is 0 Å². The number of nitrogens with one attached hydrogen (secondary N) is 2. The topological polar surface area (TPSA) is 41.1 Å². The van der Waals surface area contributed by atoms with E-state index in [1.165, 1.54) is 11.1 Å². The highest BCUT2D eigenvalue weighted by Crippen LogP contribution is 2.44. The molecule has 2 aliphatic heterocycles. The zero-order chi connectivity index (χ0) is 11.9. The van der Waals surface area contributed by atoms with Gasteiger partial charge in [0.1, 0.15) is 0 Å². The Kier molecular flexibility index (Phi) is 2.44. The molecular formula is C14H22N2O. The maximum absolute atomic E-state index is 12.3. The van der Waals surface area contributed by atoms with Gasteiger partial charge in [0.15, 0.2) is 0 Å². The van der Waals surface area contributed by atoms with Crippen molar-refractivity contribution in [1.29, 1.82) is 0 Å². The van der Waals surface area contributed by atoms with Crippen LogP contribution in [0.2, 0.25) is 0 Å². The highest BCUT2D eigenvalue weighted by molar-refractivity contribution is 6.06. The first kappa shape index (κ1) is 10.8. The largest absolute Gasteiger partial charge is 0.325 e. The van der Waals surface area contributed by atoms with Crippen LogP contribution in [-0.4, -0.2) is 19.0 Å². The summed E-state index contributed by atoms with van der Waals surface area (Å²) in [5, 5.41) is 6.38. The molecule has 1 saturated heterocycles. The molecule has 3 rings (SSSR count). The van der Waals surface area contributed by atoms with Crippen LogP contribution in [0.25, 0.3) is 0 Å². The summed E-state index contributed by atoms with van der Waals surface area (Å²) >= 11 is 0. The summed E-state index contributed by atoms with van der Waals surface area (Å²) in [5.74, 6) is 0.197. The number of hydrogen-bond donors (Lipinski definition) is 2. The van der Waals surface area contributed by atoms with Crippen LogP contribution >= 0.6 is 0 Å². The number of carbonyl (C=O) groups excluding carboxylic acids is 1. The molecule has 94 valence electrons. The van der Waals surface area contributed by atoms with Gasteiger partial charge in [-0.2, -0.15) is 0 Å². The Balaban J connectivity index is 0.000000902. The molecule has 0 aliphatic carbocycles. The zero-order valence-corrected chi connectivity index (χ0v) is 10.2. The minimum absolute atomic E-state index is 0. The lowest BCUT2D eigenvalue weighted by atomic mass is 9.74. The van der Waals surface area contributed by atoms with Crippen molar-refractivity contribution in [2.45, 2.75) is 31.6 Å². The molecule has 0 atom stereocenters. The van der Waals surface area contributed by atoms with Crippen molar-refractivity contribution in [1.82, 2.24) is 5.32 Å². The molecule has 0 bridgehead atoms. The molecule has 0 saturated carbocycles. The van der Waals surface area contributed by atoms with Crippen molar-refractivity contribution in [2.24, 2.45) is 0 Å². The first-order valence-corrected chi connectivity index (χ1v) is 6.42. The van der Waals surface area contributed by atoms with Gasteiger partial charge in [-0.1, -0.05) is 19.1 Å². The molecule has 2 aliphatic rings. The van der Waals surface area contributed by atoms with Gasteiger partial charge in [-0.05, 0) is 49.5 Å². The summed E-state index contributed by atoms with van der Waals surface area (Å²) in [7, 11) is 0. The van der Waals surface area contributed by atoms with Gasteiger partial charge in [-0.15, -0.1) is 0 Å². The summed E-state index contributed by atoms with van der Waals surface area (Å²) in [6.07, 6.45) is 2.85. The molecule has 0 unspecified atom stereocenters. The molecule has 1 aromatic carbocycles. The van der Waals surface area contributed by atoms with Crippen molar-refractivity contribution in [2.75, 3.05) is 18.4 Å². The molecular weight excluding hydrogens is 212 g/mol. The molecule has 3 nitrogen and oxygen atoms in total. The Hall–Kier alpha value is -1.35. The van der Waals surface area contributed by atoms with Crippen LogP contribution in [-0.2, 0) is 16.6 Å². The number of benzene rings is 1. The van der Waals surface area contributed by atoms with Crippen molar-refractivity contribution in [3.63, 3.8) is 0 Å². The van der Waals surface area contributed by atoms with Gasteiger partial charge in [0.2, 0.25) is 5.91 Å². The third-order valence-electron chi connectivity index (χ3n) is 4.15. The van der Waals surface area contributed by atoms with E-state index < -0.39 is 0 Å². The number of anilines is 1. The smallest absolute Gasteiger partial charge is 0.235 e. The number of piperidine rings is 1. The molecule has 17 heavy (non-hydrogen) atoms. The highest BCUT2D eigenvalue weighted by atomic mass is 16.2. The first-order chi connectivity index (χ1) is 8.26. The van der Waals surface area contributed by atoms with E-state index >= 15 is 0 Å². The molecule has 2 heterocycles. The number of rotatable bonds is 1. The number of amides is 1. The molecule has 1 aromatic rings. The SMILES string of the molecule is CCc1ccc2c(c1)C1(CCNCC1)C(=O)N2.[HH].[HH]. The van der Waals surface area contributed by atoms with Crippen LogP contribution in [0.3, 0.4) is 0 Å². The molecule has 1 spiro atoms. The van der Waals surface area contributed by atoms with Crippen LogP contribution in [0.15, 0.2) is 18.2 Å². The number of hydrogen-bond acceptors (Lipinski definition) is 2. The molecule has 1 amide bonds. The second kappa shape index (κ2) is 3.84. The quantitative estimate of drug-likeness (QED) is 0.783. The lowest BCUT2D eigenvalue weighted by Crippen LogP contribution is -2.44. The average molecular weight is 234 g/mol. The van der Waals surface area contributed by atoms with E-state index in [1.54, 1.807) is 0 Å². The maximum Gasteiger partial charge on any atom is 0.235 e. The van der Waals surface area contributed by atoms with Gasteiger partial charge in [0, 0.05) is 8.54 Å². The second-order valence-corrected chi connectivity index (χ2v) is 5.02. The standard InChI is InChI=1S/C14H18N2O.2H2/c1-2-10-3-4-12-11(9-10)14(13(17)16-12)5-7-15-8-6-14;;/h3-4,9,15H,2,5-8H2,1H3,(H,16,17);2*1H. The Morgan fingerprint density at radius 2 is 2.12 bits per heavy atom. The second-order valence-electron chi connectivity index (χ2n) is 5.02. The monoisotopic (exact) mass is 234 g/mol. The van der Waals surface area contributed by atoms with Crippen molar-refractivity contribution >= 4 is 11.6 Å². The van der Waals surface area contributed by atoms with E-state index in [1.807, 2.05) is 0 Å². The van der Waals surface area contributed by atoms with E-state index in [0.717, 1.165) is 38.0 Å². The molecule has 0 radical (unpaired) electrons. The minimum Gasteiger partial charge on any atom is -0.325 e. The van der Waals surface area contributed by atoms with Gasteiger partial charge in [0.05, 0.1) is 5.41 Å². The van der Waals surface area contributed by atoms with E-state index in [0.29, 0.717) is 0 Å². The Labute approximate surface area is 105 Å². The fraction of sp³-hybridized carbons (Fsp3) is 0.500. The van der Waals surface area contributed by atoms with E-state index in [9.17, 15) is 4.79 Å². The third kappa shape index (κ3) is 1.49. The van der Waals surface area contributed by atoms with Crippen LogP contribution < -0.4 is 10.6 Å². The van der Waals surface area contributed by atoms with E-state index in [2.05, 4.69) is 35.8 Å². The Morgan fingerprint density at radius 3 is 2.82 bits per heavy atom. The fourth-order valence-corrected chi connectivity index (χ4v) is 3.03. The Bertz CT molecular complexity index is 471. The summed E-state index contributed by atoms with van der Waals surface area (Å²) in [5.41, 5.74) is 3.31. The summed E-state index contributed by atoms with van der Waals surface area (Å²) in [6, 6.07) is 6.39. The van der Waals surface area contributed by atoms with Gasteiger partial charge < -0.3 is 10.6 Å². The Morgan fingerprint density at radius 1 is 1.35 bits per heavy atom. The molecule has 3 heteroatoms. The van der Waals surface area contributed by atoms with Gasteiger partial charge in [-0.25, -0.2) is 0 Å². The lowest BCUT2D eigenvalue weighted by molar-refractivity contribution is -0.121.